The number of nitrogens with zero attached hydrogens (tertiary/aromatic N) is 1. The zero-order chi connectivity index (χ0) is 26.7. The van der Waals surface area contributed by atoms with Crippen LogP contribution in [-0.4, -0.2) is 16.1 Å². The highest BCUT2D eigenvalue weighted by atomic mass is 16.2. The first-order valence-electron chi connectivity index (χ1n) is 13.7. The van der Waals surface area contributed by atoms with Crippen molar-refractivity contribution in [3.8, 4) is 11.1 Å². The van der Waals surface area contributed by atoms with Gasteiger partial charge in [-0.15, -0.1) is 0 Å². The van der Waals surface area contributed by atoms with Crippen LogP contribution >= 0.6 is 0 Å². The molecule has 0 amide bonds. The number of rotatable bonds is 2. The van der Waals surface area contributed by atoms with Gasteiger partial charge in [0, 0.05) is 28.9 Å². The van der Waals surface area contributed by atoms with Gasteiger partial charge in [-0.3, -0.25) is 9.59 Å². The summed E-state index contributed by atoms with van der Waals surface area (Å²) in [5.74, 6) is -1.51. The van der Waals surface area contributed by atoms with Gasteiger partial charge in [-0.05, 0) is 72.8 Å². The van der Waals surface area contributed by atoms with Crippen LogP contribution < -0.4 is 0 Å². The molecule has 2 unspecified atom stereocenters. The maximum absolute atomic E-state index is 12.8. The van der Waals surface area contributed by atoms with E-state index in [-0.39, 0.29) is 11.6 Å². The Hall–Kier alpha value is -5.02. The molecule has 0 radical (unpaired) electrons. The Morgan fingerprint density at radius 3 is 2.05 bits per heavy atom. The Morgan fingerprint density at radius 1 is 0.600 bits per heavy atom. The molecule has 1 heterocycles. The van der Waals surface area contributed by atoms with Crippen molar-refractivity contribution in [1.29, 1.82) is 0 Å². The van der Waals surface area contributed by atoms with E-state index in [1.54, 1.807) is 0 Å². The predicted molar refractivity (Wildman–Crippen MR) is 164 cm³/mol. The third-order valence-electron chi connectivity index (χ3n) is 9.23. The molecule has 3 aliphatic carbocycles. The molecule has 0 saturated heterocycles. The molecule has 7 aromatic rings. The number of aromatic nitrogens is 1. The number of carbonyl (C=O) groups excluding carboxylic acids is 2. The summed E-state index contributed by atoms with van der Waals surface area (Å²) in [7, 11) is 2.13. The van der Waals surface area contributed by atoms with E-state index in [0.29, 0.717) is 0 Å². The molecule has 0 spiro atoms. The first-order valence-corrected chi connectivity index (χ1v) is 13.7. The number of ketones is 2. The van der Waals surface area contributed by atoms with Crippen LogP contribution in [0.4, 0.5) is 0 Å². The SMILES string of the molecule is Cn1c2ccccc2c2cc(-c3ccc4ccc5c(C6=CC7C=CC6C(=O)C7=O)ccc6ccc3c4c65)ccc21. The highest BCUT2D eigenvalue weighted by Crippen LogP contribution is 2.45. The fraction of sp³-hybridized carbons (Fsp3) is 0.0811. The van der Waals surface area contributed by atoms with Crippen LogP contribution in [0.3, 0.4) is 0 Å². The Labute approximate surface area is 230 Å². The molecule has 2 bridgehead atoms. The Kier molecular flexibility index (Phi) is 4.13. The van der Waals surface area contributed by atoms with E-state index in [2.05, 4.69) is 103 Å². The summed E-state index contributed by atoms with van der Waals surface area (Å²) >= 11 is 0. The lowest BCUT2D eigenvalue weighted by Crippen LogP contribution is -2.36. The lowest BCUT2D eigenvalue weighted by Gasteiger charge is -2.29. The average molecular weight is 514 g/mol. The third-order valence-corrected chi connectivity index (χ3v) is 9.23. The van der Waals surface area contributed by atoms with Crippen molar-refractivity contribution < 1.29 is 9.59 Å². The van der Waals surface area contributed by atoms with Crippen molar-refractivity contribution in [2.24, 2.45) is 18.9 Å². The number of allylic oxidation sites excluding steroid dienone is 4. The maximum atomic E-state index is 12.8. The topological polar surface area (TPSA) is 39.1 Å². The number of hydrogen-bond donors (Lipinski definition) is 0. The minimum Gasteiger partial charge on any atom is -0.344 e. The van der Waals surface area contributed by atoms with Crippen LogP contribution in [0.5, 0.6) is 0 Å². The van der Waals surface area contributed by atoms with E-state index in [9.17, 15) is 9.59 Å². The molecule has 188 valence electrons. The van der Waals surface area contributed by atoms with E-state index in [4.69, 9.17) is 0 Å². The number of carbonyl (C=O) groups is 2. The molecule has 3 aliphatic rings. The molecule has 0 aliphatic heterocycles. The van der Waals surface area contributed by atoms with Crippen molar-refractivity contribution in [2.75, 3.05) is 0 Å². The van der Waals surface area contributed by atoms with Gasteiger partial charge < -0.3 is 4.57 Å². The largest absolute Gasteiger partial charge is 0.344 e. The molecule has 6 aromatic carbocycles. The quantitative estimate of drug-likeness (QED) is 0.133. The van der Waals surface area contributed by atoms with Gasteiger partial charge in [0.1, 0.15) is 0 Å². The molecular formula is C37H23NO2. The van der Waals surface area contributed by atoms with E-state index >= 15 is 0 Å². The van der Waals surface area contributed by atoms with Crippen LogP contribution in [0.25, 0.3) is 70.8 Å². The number of aryl methyl sites for hydroxylation is 1. The van der Waals surface area contributed by atoms with Crippen LogP contribution in [0.1, 0.15) is 5.56 Å². The molecule has 2 atom stereocenters. The van der Waals surface area contributed by atoms with E-state index in [1.165, 1.54) is 59.9 Å². The normalized spacial score (nSPS) is 18.8. The zero-order valence-electron chi connectivity index (χ0n) is 21.8. The lowest BCUT2D eigenvalue weighted by molar-refractivity contribution is -0.139. The first-order chi connectivity index (χ1) is 19.6. The van der Waals surface area contributed by atoms with Crippen LogP contribution in [0.15, 0.2) is 109 Å². The third kappa shape index (κ3) is 2.69. The van der Waals surface area contributed by atoms with Gasteiger partial charge in [-0.25, -0.2) is 0 Å². The van der Waals surface area contributed by atoms with Gasteiger partial charge in [0.15, 0.2) is 0 Å². The second-order valence-electron chi connectivity index (χ2n) is 11.2. The molecule has 40 heavy (non-hydrogen) atoms. The minimum atomic E-state index is -0.487. The Bertz CT molecular complexity index is 2330. The first kappa shape index (κ1) is 21.9. The molecule has 3 heteroatoms. The van der Waals surface area contributed by atoms with Crippen molar-refractivity contribution in [3.05, 3.63) is 115 Å². The van der Waals surface area contributed by atoms with E-state index < -0.39 is 11.8 Å². The van der Waals surface area contributed by atoms with Gasteiger partial charge in [-0.2, -0.15) is 0 Å². The predicted octanol–water partition coefficient (Wildman–Crippen LogP) is 8.23. The van der Waals surface area contributed by atoms with Crippen molar-refractivity contribution in [2.45, 2.75) is 0 Å². The monoisotopic (exact) mass is 513 g/mol. The second-order valence-corrected chi connectivity index (χ2v) is 11.2. The molecule has 0 saturated carbocycles. The summed E-state index contributed by atoms with van der Waals surface area (Å²) in [5.41, 5.74) is 6.87. The number of Topliss-reactive ketones (excluding diaryl/α,β-unsaturated/α-hetero) is 2. The molecular weight excluding hydrogens is 490 g/mol. The van der Waals surface area contributed by atoms with Gasteiger partial charge in [0.2, 0.25) is 11.6 Å². The minimum absolute atomic E-state index is 0.290. The summed E-state index contributed by atoms with van der Waals surface area (Å²) < 4.78 is 2.26. The van der Waals surface area contributed by atoms with Crippen molar-refractivity contribution >= 4 is 71.3 Å². The van der Waals surface area contributed by atoms with E-state index in [0.717, 1.165) is 16.5 Å². The summed E-state index contributed by atoms with van der Waals surface area (Å²) in [4.78, 5) is 25.2. The van der Waals surface area contributed by atoms with Crippen molar-refractivity contribution in [3.63, 3.8) is 0 Å². The maximum Gasteiger partial charge on any atom is 0.210 e. The highest BCUT2D eigenvalue weighted by Gasteiger charge is 2.39. The Balaban J connectivity index is 1.31. The van der Waals surface area contributed by atoms with Crippen molar-refractivity contribution in [1.82, 2.24) is 4.57 Å². The number of benzene rings is 6. The van der Waals surface area contributed by atoms with Crippen LogP contribution in [-0.2, 0) is 16.6 Å². The second kappa shape index (κ2) is 7.55. The summed E-state index contributed by atoms with van der Waals surface area (Å²) in [6.45, 7) is 0. The van der Waals surface area contributed by atoms with Crippen LogP contribution in [0.2, 0.25) is 0 Å². The number of hydrogen-bond acceptors (Lipinski definition) is 2. The molecule has 1 aromatic heterocycles. The smallest absolute Gasteiger partial charge is 0.210 e. The Morgan fingerprint density at radius 2 is 1.27 bits per heavy atom. The molecule has 3 nitrogen and oxygen atoms in total. The van der Waals surface area contributed by atoms with E-state index in [1.807, 2.05) is 18.2 Å². The summed E-state index contributed by atoms with van der Waals surface area (Å²) in [5, 5.41) is 9.71. The average Bonchev–Trinajstić information content (AvgIpc) is 3.29. The lowest BCUT2D eigenvalue weighted by atomic mass is 9.72. The standard InChI is InChI=1S/C37H23NO2/c1-38-32-5-3-2-4-26(32)31-18-22(11-17-33(31)38)24-12-6-20-9-15-28-25(13-7-21-8-14-27(24)34(20)35(21)28)30-19-23-10-16-29(30)37(40)36(23)39/h2-19,23,29H,1H3. The molecule has 10 rings (SSSR count). The van der Waals surface area contributed by atoms with Crippen LogP contribution in [0, 0.1) is 11.8 Å². The highest BCUT2D eigenvalue weighted by molar-refractivity contribution is 6.44. The van der Waals surface area contributed by atoms with Gasteiger partial charge in [0.05, 0.1) is 11.8 Å². The summed E-state index contributed by atoms with van der Waals surface area (Å²) in [6, 6.07) is 32.9. The molecule has 0 fully saturated rings. The van der Waals surface area contributed by atoms with Gasteiger partial charge in [-0.1, -0.05) is 91.0 Å². The fourth-order valence-corrected chi connectivity index (χ4v) is 7.29. The van der Waals surface area contributed by atoms with Gasteiger partial charge >= 0.3 is 0 Å². The zero-order valence-corrected chi connectivity index (χ0v) is 21.8. The van der Waals surface area contributed by atoms with Gasteiger partial charge in [0.25, 0.3) is 0 Å². The number of para-hydroxylation sites is 1. The fourth-order valence-electron chi connectivity index (χ4n) is 7.29. The molecule has 0 N–H and O–H groups in total. The summed E-state index contributed by atoms with van der Waals surface area (Å²) in [6.07, 6.45) is 5.77. The number of fused-ring (bicyclic) bond motifs is 4.